The Morgan fingerprint density at radius 1 is 1.11 bits per heavy atom. The third kappa shape index (κ3) is 6.49. The number of hydrogen-bond donors (Lipinski definition) is 2. The van der Waals surface area contributed by atoms with E-state index in [0.717, 1.165) is 9.20 Å². The Balaban J connectivity index is 1.85. The van der Waals surface area contributed by atoms with Crippen LogP contribution in [0.25, 0.3) is 0 Å². The number of phenolic OH excluding ortho intramolecular Hbond substituents is 1. The third-order valence-electron chi connectivity index (χ3n) is 5.01. The van der Waals surface area contributed by atoms with Crippen molar-refractivity contribution in [3.05, 3.63) is 72.3 Å². The number of ether oxygens (including phenoxy) is 2. The quantitative estimate of drug-likeness (QED) is 0.220. The van der Waals surface area contributed by atoms with E-state index in [9.17, 15) is 18.3 Å². The number of carbonyl (C=O) groups is 1. The molecule has 0 unspecified atom stereocenters. The number of hydrazone groups is 1. The molecule has 3 aromatic carbocycles. The van der Waals surface area contributed by atoms with Gasteiger partial charge in [-0.1, -0.05) is 6.07 Å². The van der Waals surface area contributed by atoms with Crippen molar-refractivity contribution < 1.29 is 27.8 Å². The summed E-state index contributed by atoms with van der Waals surface area (Å²) in [7, 11) is -2.66. The lowest BCUT2D eigenvalue weighted by Crippen LogP contribution is -2.39. The number of para-hydroxylation sites is 1. The van der Waals surface area contributed by atoms with Gasteiger partial charge in [-0.2, -0.15) is 5.10 Å². The number of nitrogens with one attached hydrogen (secondary N) is 1. The fourth-order valence-corrected chi connectivity index (χ4v) is 5.04. The van der Waals surface area contributed by atoms with Crippen molar-refractivity contribution in [1.82, 2.24) is 5.43 Å². The first kappa shape index (κ1) is 26.9. The van der Waals surface area contributed by atoms with Gasteiger partial charge in [0.1, 0.15) is 12.3 Å². The molecule has 0 aliphatic carbocycles. The van der Waals surface area contributed by atoms with Gasteiger partial charge in [0.05, 0.1) is 30.5 Å². The number of methoxy groups -OCH3 is 1. The number of anilines is 1. The van der Waals surface area contributed by atoms with Gasteiger partial charge in [-0.25, -0.2) is 13.8 Å². The van der Waals surface area contributed by atoms with Crippen LogP contribution >= 0.6 is 11.8 Å². The molecule has 3 aromatic rings. The highest BCUT2D eigenvalue weighted by Crippen LogP contribution is 2.28. The van der Waals surface area contributed by atoms with Gasteiger partial charge >= 0.3 is 0 Å². The summed E-state index contributed by atoms with van der Waals surface area (Å²) in [5.74, 6) is 0.0257. The molecular weight excluding hydrogens is 502 g/mol. The Hall–Kier alpha value is -3.70. The molecule has 0 radical (unpaired) electrons. The molecule has 0 atom stereocenters. The molecule has 0 aliphatic rings. The number of amides is 1. The van der Waals surface area contributed by atoms with Crippen LogP contribution in [0.5, 0.6) is 17.2 Å². The average Bonchev–Trinajstić information content (AvgIpc) is 2.89. The van der Waals surface area contributed by atoms with Crippen molar-refractivity contribution in [2.45, 2.75) is 16.7 Å². The van der Waals surface area contributed by atoms with Gasteiger partial charge in [0, 0.05) is 10.5 Å². The van der Waals surface area contributed by atoms with Gasteiger partial charge in [0.25, 0.3) is 15.9 Å². The number of aromatic hydroxyl groups is 1. The van der Waals surface area contributed by atoms with Crippen LogP contribution in [0.15, 0.2) is 81.6 Å². The number of sulfonamides is 1. The molecule has 0 saturated heterocycles. The maximum Gasteiger partial charge on any atom is 0.264 e. The van der Waals surface area contributed by atoms with E-state index >= 15 is 0 Å². The fraction of sp³-hybridized carbons (Fsp3) is 0.200. The predicted molar refractivity (Wildman–Crippen MR) is 141 cm³/mol. The summed E-state index contributed by atoms with van der Waals surface area (Å²) in [4.78, 5) is 13.7. The van der Waals surface area contributed by atoms with Crippen LogP contribution in [0, 0.1) is 0 Å². The van der Waals surface area contributed by atoms with E-state index in [-0.39, 0.29) is 22.1 Å². The molecule has 0 saturated carbocycles. The van der Waals surface area contributed by atoms with E-state index in [0.29, 0.717) is 17.9 Å². The Kier molecular flexibility index (Phi) is 9.20. The number of rotatable bonds is 11. The highest BCUT2D eigenvalue weighted by molar-refractivity contribution is 7.98. The van der Waals surface area contributed by atoms with Gasteiger partial charge in [0.15, 0.2) is 11.5 Å². The zero-order chi connectivity index (χ0) is 26.1. The van der Waals surface area contributed by atoms with Crippen LogP contribution in [-0.4, -0.2) is 52.2 Å². The minimum absolute atomic E-state index is 0.0480. The van der Waals surface area contributed by atoms with Crippen LogP contribution in [0.1, 0.15) is 12.5 Å². The molecule has 0 aliphatic heterocycles. The predicted octanol–water partition coefficient (Wildman–Crippen LogP) is 3.87. The van der Waals surface area contributed by atoms with Gasteiger partial charge in [0.2, 0.25) is 0 Å². The highest BCUT2D eigenvalue weighted by atomic mass is 32.2. The molecule has 2 N–H and O–H groups in total. The topological polar surface area (TPSA) is 118 Å². The summed E-state index contributed by atoms with van der Waals surface area (Å²) >= 11 is 1.49. The van der Waals surface area contributed by atoms with Crippen LogP contribution in [0.4, 0.5) is 5.69 Å². The van der Waals surface area contributed by atoms with Crippen molar-refractivity contribution in [1.29, 1.82) is 0 Å². The number of hydrogen-bond acceptors (Lipinski definition) is 8. The van der Waals surface area contributed by atoms with E-state index in [2.05, 4.69) is 10.5 Å². The standard InChI is InChI=1S/C25H27N3O6S2/c1-4-34-20-10-8-19(9-11-20)28(36(31,32)22-14-12-21(35-3)13-15-22)17-24(29)27-26-16-18-6-5-7-23(33-2)25(18)30/h5-16,30H,4,17H2,1-3H3,(H,27,29)/b26-16-. The molecule has 36 heavy (non-hydrogen) atoms. The van der Waals surface area contributed by atoms with E-state index in [1.165, 1.54) is 37.2 Å². The second-order valence-corrected chi connectivity index (χ2v) is 10.0. The van der Waals surface area contributed by atoms with Crippen LogP contribution < -0.4 is 19.2 Å². The van der Waals surface area contributed by atoms with Gasteiger partial charge in [-0.05, 0) is 73.8 Å². The minimum atomic E-state index is -4.08. The van der Waals surface area contributed by atoms with Gasteiger partial charge in [-0.15, -0.1) is 11.8 Å². The van der Waals surface area contributed by atoms with E-state index in [4.69, 9.17) is 9.47 Å². The van der Waals surface area contributed by atoms with Crippen molar-refractivity contribution in [2.24, 2.45) is 5.10 Å². The molecule has 190 valence electrons. The largest absolute Gasteiger partial charge is 0.504 e. The first-order valence-corrected chi connectivity index (χ1v) is 13.5. The lowest BCUT2D eigenvalue weighted by Gasteiger charge is -2.24. The average molecular weight is 530 g/mol. The summed E-state index contributed by atoms with van der Waals surface area (Å²) < 4.78 is 38.5. The summed E-state index contributed by atoms with van der Waals surface area (Å²) in [6.45, 7) is 1.79. The maximum absolute atomic E-state index is 13.5. The Labute approximate surface area is 214 Å². The molecule has 0 spiro atoms. The lowest BCUT2D eigenvalue weighted by molar-refractivity contribution is -0.119. The zero-order valence-electron chi connectivity index (χ0n) is 20.0. The Bertz CT molecular complexity index is 1310. The molecule has 0 fully saturated rings. The van der Waals surface area contributed by atoms with Crippen molar-refractivity contribution in [3.8, 4) is 17.2 Å². The number of carbonyl (C=O) groups excluding carboxylic acids is 1. The molecule has 1 amide bonds. The first-order valence-electron chi connectivity index (χ1n) is 10.9. The summed E-state index contributed by atoms with van der Waals surface area (Å²) in [5.41, 5.74) is 2.92. The summed E-state index contributed by atoms with van der Waals surface area (Å²) in [6.07, 6.45) is 3.14. The molecule has 9 nitrogen and oxygen atoms in total. The van der Waals surface area contributed by atoms with Crippen LogP contribution in [0.3, 0.4) is 0 Å². The zero-order valence-corrected chi connectivity index (χ0v) is 21.7. The third-order valence-corrected chi connectivity index (χ3v) is 7.55. The minimum Gasteiger partial charge on any atom is -0.504 e. The smallest absolute Gasteiger partial charge is 0.264 e. The molecule has 3 rings (SSSR count). The number of nitrogens with zero attached hydrogens (tertiary/aromatic N) is 2. The second-order valence-electron chi connectivity index (χ2n) is 7.31. The number of thioether (sulfide) groups is 1. The Morgan fingerprint density at radius 3 is 2.42 bits per heavy atom. The van der Waals surface area contributed by atoms with Crippen molar-refractivity contribution in [2.75, 3.05) is 30.8 Å². The van der Waals surface area contributed by atoms with Crippen LogP contribution in [0.2, 0.25) is 0 Å². The molecule has 0 aromatic heterocycles. The van der Waals surface area contributed by atoms with Crippen molar-refractivity contribution in [3.63, 3.8) is 0 Å². The lowest BCUT2D eigenvalue weighted by atomic mass is 10.2. The van der Waals surface area contributed by atoms with Crippen molar-refractivity contribution >= 4 is 39.6 Å². The normalized spacial score (nSPS) is 11.3. The van der Waals surface area contributed by atoms with Crippen LogP contribution in [-0.2, 0) is 14.8 Å². The van der Waals surface area contributed by atoms with Gasteiger partial charge in [-0.3, -0.25) is 9.10 Å². The summed E-state index contributed by atoms with van der Waals surface area (Å²) in [5, 5.41) is 14.0. The van der Waals surface area contributed by atoms with E-state index in [1.54, 1.807) is 54.6 Å². The first-order chi connectivity index (χ1) is 17.3. The van der Waals surface area contributed by atoms with E-state index in [1.807, 2.05) is 13.2 Å². The summed E-state index contributed by atoms with van der Waals surface area (Å²) in [6, 6.07) is 17.7. The van der Waals surface area contributed by atoms with E-state index < -0.39 is 22.5 Å². The fourth-order valence-electron chi connectivity index (χ4n) is 3.21. The SMILES string of the molecule is CCOc1ccc(N(CC(=O)N/N=C\c2cccc(OC)c2O)S(=O)(=O)c2ccc(SC)cc2)cc1. The second kappa shape index (κ2) is 12.3. The maximum atomic E-state index is 13.5. The molecule has 11 heteroatoms. The number of benzene rings is 3. The molecular formula is C25H27N3O6S2. The monoisotopic (exact) mass is 529 g/mol. The van der Waals surface area contributed by atoms with Gasteiger partial charge < -0.3 is 14.6 Å². The molecule has 0 heterocycles. The molecule has 0 bridgehead atoms. The highest BCUT2D eigenvalue weighted by Gasteiger charge is 2.27. The number of phenols is 1. The Morgan fingerprint density at radius 2 is 1.81 bits per heavy atom.